The van der Waals surface area contributed by atoms with E-state index in [2.05, 4.69) is 15.0 Å². The largest absolute Gasteiger partial charge is 0.573 e. The van der Waals surface area contributed by atoms with Crippen LogP contribution in [0.25, 0.3) is 0 Å². The highest BCUT2D eigenvalue weighted by molar-refractivity contribution is 5.93. The van der Waals surface area contributed by atoms with Crippen molar-refractivity contribution in [3.05, 3.63) is 60.2 Å². The molecule has 1 atom stereocenters. The van der Waals surface area contributed by atoms with E-state index in [0.717, 1.165) is 5.56 Å². The number of ether oxygens (including phenoxy) is 1. The van der Waals surface area contributed by atoms with Gasteiger partial charge in [0.2, 0.25) is 0 Å². The fourth-order valence-electron chi connectivity index (χ4n) is 2.39. The summed E-state index contributed by atoms with van der Waals surface area (Å²) in [5.41, 5.74) is 7.00. The van der Waals surface area contributed by atoms with Crippen LogP contribution in [-0.4, -0.2) is 37.9 Å². The maximum Gasteiger partial charge on any atom is 0.573 e. The first-order valence-electron chi connectivity index (χ1n) is 7.89. The normalized spacial score (nSPS) is 13.5. The standard InChI is InChI=1S/C18H21F3N4O/c1-25(2)15(13-8-4-3-5-9-13)12-23-17(22)24-14-10-6-7-11-16(14)26-18(19,20)21/h3-11,15H,12H2,1-2H3,(H3,22,23,24). The summed E-state index contributed by atoms with van der Waals surface area (Å²) in [7, 11) is 3.84. The first kappa shape index (κ1) is 19.6. The molecule has 2 aromatic carbocycles. The molecule has 5 nitrogen and oxygen atoms in total. The minimum Gasteiger partial charge on any atom is -0.404 e. The van der Waals surface area contributed by atoms with Gasteiger partial charge in [-0.25, -0.2) is 0 Å². The molecule has 0 spiro atoms. The Hall–Kier alpha value is -2.74. The molecule has 0 amide bonds. The molecule has 26 heavy (non-hydrogen) atoms. The van der Waals surface area contributed by atoms with Gasteiger partial charge in [-0.1, -0.05) is 42.5 Å². The zero-order valence-electron chi connectivity index (χ0n) is 14.5. The predicted molar refractivity (Wildman–Crippen MR) is 96.1 cm³/mol. The molecule has 0 aliphatic carbocycles. The zero-order chi connectivity index (χ0) is 19.2. The summed E-state index contributed by atoms with van der Waals surface area (Å²) in [5, 5.41) is 2.66. The van der Waals surface area contributed by atoms with Crippen LogP contribution in [-0.2, 0) is 0 Å². The number of likely N-dealkylation sites (N-methyl/N-ethyl adjacent to an activating group) is 1. The number of nitrogens with one attached hydrogen (secondary N) is 1. The van der Waals surface area contributed by atoms with E-state index in [4.69, 9.17) is 5.73 Å². The van der Waals surface area contributed by atoms with E-state index < -0.39 is 6.36 Å². The van der Waals surface area contributed by atoms with E-state index in [1.54, 1.807) is 6.07 Å². The van der Waals surface area contributed by atoms with Gasteiger partial charge >= 0.3 is 6.36 Å². The van der Waals surface area contributed by atoms with Crippen molar-refractivity contribution in [2.45, 2.75) is 12.4 Å². The van der Waals surface area contributed by atoms with Gasteiger partial charge in [0, 0.05) is 0 Å². The molecule has 1 unspecified atom stereocenters. The molecule has 8 heteroatoms. The Kier molecular flexibility index (Phi) is 6.46. The Morgan fingerprint density at radius 2 is 1.73 bits per heavy atom. The molecule has 0 saturated carbocycles. The van der Waals surface area contributed by atoms with Gasteiger partial charge in [-0.15, -0.1) is 13.2 Å². The number of nitrogens with two attached hydrogens (primary N) is 1. The van der Waals surface area contributed by atoms with Crippen LogP contribution >= 0.6 is 0 Å². The molecular weight excluding hydrogens is 345 g/mol. The van der Waals surface area contributed by atoms with Gasteiger partial charge < -0.3 is 20.7 Å². The van der Waals surface area contributed by atoms with E-state index in [0.29, 0.717) is 6.54 Å². The highest BCUT2D eigenvalue weighted by atomic mass is 19.4. The number of hydrogen-bond acceptors (Lipinski definition) is 3. The van der Waals surface area contributed by atoms with Crippen LogP contribution in [0.1, 0.15) is 11.6 Å². The van der Waals surface area contributed by atoms with Crippen LogP contribution in [0.3, 0.4) is 0 Å². The van der Waals surface area contributed by atoms with Gasteiger partial charge in [-0.05, 0) is 31.8 Å². The van der Waals surface area contributed by atoms with E-state index >= 15 is 0 Å². The second kappa shape index (κ2) is 8.57. The van der Waals surface area contributed by atoms with Gasteiger partial charge in [-0.3, -0.25) is 4.99 Å². The molecule has 0 heterocycles. The second-order valence-corrected chi connectivity index (χ2v) is 5.78. The average molecular weight is 366 g/mol. The number of rotatable bonds is 6. The van der Waals surface area contributed by atoms with Gasteiger partial charge in [-0.2, -0.15) is 0 Å². The molecule has 2 rings (SSSR count). The predicted octanol–water partition coefficient (Wildman–Crippen LogP) is 3.61. The molecule has 0 aromatic heterocycles. The van der Waals surface area contributed by atoms with Gasteiger partial charge in [0.25, 0.3) is 0 Å². The Labute approximate surface area is 150 Å². The van der Waals surface area contributed by atoms with Crippen LogP contribution in [0.5, 0.6) is 5.75 Å². The molecular formula is C18H21F3N4O. The van der Waals surface area contributed by atoms with Crippen LogP contribution in [0.2, 0.25) is 0 Å². The summed E-state index contributed by atoms with van der Waals surface area (Å²) >= 11 is 0. The van der Waals surface area contributed by atoms with Crippen LogP contribution < -0.4 is 15.8 Å². The number of aliphatic imine (C=N–C) groups is 1. The SMILES string of the molecule is CN(C)C(CN=C(N)Nc1ccccc1OC(F)(F)F)c1ccccc1. The maximum atomic E-state index is 12.5. The third kappa shape index (κ3) is 5.96. The third-order valence-electron chi connectivity index (χ3n) is 3.62. The fraction of sp³-hybridized carbons (Fsp3) is 0.278. The lowest BCUT2D eigenvalue weighted by Gasteiger charge is -2.23. The second-order valence-electron chi connectivity index (χ2n) is 5.78. The van der Waals surface area contributed by atoms with Crippen molar-refractivity contribution in [2.75, 3.05) is 26.0 Å². The quantitative estimate of drug-likeness (QED) is 0.606. The first-order chi connectivity index (χ1) is 12.3. The van der Waals surface area contributed by atoms with Crippen molar-refractivity contribution < 1.29 is 17.9 Å². The van der Waals surface area contributed by atoms with E-state index in [1.165, 1.54) is 18.2 Å². The minimum absolute atomic E-state index is 0.00556. The van der Waals surface area contributed by atoms with E-state index in [-0.39, 0.29) is 23.4 Å². The lowest BCUT2D eigenvalue weighted by Crippen LogP contribution is -2.27. The minimum atomic E-state index is -4.78. The highest BCUT2D eigenvalue weighted by Crippen LogP contribution is 2.29. The summed E-state index contributed by atoms with van der Waals surface area (Å²) < 4.78 is 41.4. The van der Waals surface area contributed by atoms with Crippen molar-refractivity contribution in [1.29, 1.82) is 0 Å². The van der Waals surface area contributed by atoms with Crippen LogP contribution in [0.15, 0.2) is 59.6 Å². The van der Waals surface area contributed by atoms with Crippen molar-refractivity contribution in [3.63, 3.8) is 0 Å². The first-order valence-corrected chi connectivity index (χ1v) is 7.89. The van der Waals surface area contributed by atoms with E-state index in [9.17, 15) is 13.2 Å². The number of anilines is 1. The number of alkyl halides is 3. The van der Waals surface area contributed by atoms with Crippen LogP contribution in [0, 0.1) is 0 Å². The Morgan fingerprint density at radius 1 is 1.12 bits per heavy atom. The molecule has 3 N–H and O–H groups in total. The Bertz CT molecular complexity index is 733. The lowest BCUT2D eigenvalue weighted by atomic mass is 10.1. The number of halogens is 3. The summed E-state index contributed by atoms with van der Waals surface area (Å²) in [5.74, 6) is -0.364. The van der Waals surface area contributed by atoms with Crippen molar-refractivity contribution in [2.24, 2.45) is 10.7 Å². The van der Waals surface area contributed by atoms with Crippen molar-refractivity contribution >= 4 is 11.6 Å². The molecule has 140 valence electrons. The molecule has 0 radical (unpaired) electrons. The Morgan fingerprint density at radius 3 is 2.35 bits per heavy atom. The van der Waals surface area contributed by atoms with Gasteiger partial charge in [0.1, 0.15) is 0 Å². The average Bonchev–Trinajstić information content (AvgIpc) is 2.56. The summed E-state index contributed by atoms with van der Waals surface area (Å²) in [4.78, 5) is 6.25. The monoisotopic (exact) mass is 366 g/mol. The van der Waals surface area contributed by atoms with Gasteiger partial charge in [0.05, 0.1) is 18.3 Å². The number of benzene rings is 2. The third-order valence-corrected chi connectivity index (χ3v) is 3.62. The van der Waals surface area contributed by atoms with E-state index in [1.807, 2.05) is 49.3 Å². The number of guanidine groups is 1. The molecule has 0 bridgehead atoms. The maximum absolute atomic E-state index is 12.5. The Balaban J connectivity index is 2.11. The zero-order valence-corrected chi connectivity index (χ0v) is 14.5. The van der Waals surface area contributed by atoms with Crippen molar-refractivity contribution in [1.82, 2.24) is 4.90 Å². The van der Waals surface area contributed by atoms with Crippen LogP contribution in [0.4, 0.5) is 18.9 Å². The summed E-state index contributed by atoms with van der Waals surface area (Å²) in [6.45, 7) is 0.345. The topological polar surface area (TPSA) is 62.9 Å². The number of hydrogen-bond donors (Lipinski definition) is 2. The highest BCUT2D eigenvalue weighted by Gasteiger charge is 2.32. The van der Waals surface area contributed by atoms with Gasteiger partial charge in [0.15, 0.2) is 11.7 Å². The summed E-state index contributed by atoms with van der Waals surface area (Å²) in [6.07, 6.45) is -4.78. The molecule has 0 saturated heterocycles. The number of nitrogens with zero attached hydrogens (tertiary/aromatic N) is 2. The fourth-order valence-corrected chi connectivity index (χ4v) is 2.39. The molecule has 0 aliphatic rings. The molecule has 2 aromatic rings. The molecule has 0 fully saturated rings. The summed E-state index contributed by atoms with van der Waals surface area (Å²) in [6, 6.07) is 15.4. The number of para-hydroxylation sites is 2. The molecule has 0 aliphatic heterocycles. The lowest BCUT2D eigenvalue weighted by molar-refractivity contribution is -0.274. The van der Waals surface area contributed by atoms with Crippen molar-refractivity contribution in [3.8, 4) is 5.75 Å². The smallest absolute Gasteiger partial charge is 0.404 e.